The molecule has 0 spiro atoms. The maximum atomic E-state index is 11.7. The Bertz CT molecular complexity index is 518. The van der Waals surface area contributed by atoms with Gasteiger partial charge in [0.05, 0.1) is 5.56 Å². The Balaban J connectivity index is 2.81. The van der Waals surface area contributed by atoms with Gasteiger partial charge in [0.2, 0.25) is 0 Å². The molecule has 0 bridgehead atoms. The number of hydrogen-bond donors (Lipinski definition) is 3. The molecule has 1 amide bonds. The van der Waals surface area contributed by atoms with Gasteiger partial charge in [-0.1, -0.05) is 0 Å². The molecule has 0 saturated heterocycles. The summed E-state index contributed by atoms with van der Waals surface area (Å²) in [4.78, 5) is 26.3. The number of hydrogen-bond acceptors (Lipinski definition) is 4. The predicted molar refractivity (Wildman–Crippen MR) is 59.7 cm³/mol. The molecule has 0 atom stereocenters. The Morgan fingerprint density at radius 3 is 3.00 bits per heavy atom. The molecule has 7 heteroatoms. The molecule has 0 saturated carbocycles. The van der Waals surface area contributed by atoms with E-state index in [2.05, 4.69) is 4.98 Å². The van der Waals surface area contributed by atoms with Crippen molar-refractivity contribution in [2.45, 2.75) is 0 Å². The molecule has 0 fully saturated rings. The van der Waals surface area contributed by atoms with Crippen LogP contribution in [-0.4, -0.2) is 46.3 Å². The van der Waals surface area contributed by atoms with Crippen molar-refractivity contribution in [1.29, 1.82) is 5.41 Å². The van der Waals surface area contributed by atoms with E-state index in [4.69, 9.17) is 14.6 Å². The van der Waals surface area contributed by atoms with E-state index < -0.39 is 31.4 Å². The Hall–Kier alpha value is -2.44. The van der Waals surface area contributed by atoms with Gasteiger partial charge in [0.15, 0.2) is 5.96 Å². The number of nitrogens with one attached hydrogen (secondary N) is 2. The zero-order chi connectivity index (χ0) is 15.3. The summed E-state index contributed by atoms with van der Waals surface area (Å²) in [6.45, 7) is -3.78. The fourth-order valence-corrected chi connectivity index (χ4v) is 0.959. The van der Waals surface area contributed by atoms with Crippen molar-refractivity contribution in [2.75, 3.05) is 13.5 Å². The molecule has 3 N–H and O–H groups in total. The van der Waals surface area contributed by atoms with Crippen LogP contribution in [0.25, 0.3) is 0 Å². The van der Waals surface area contributed by atoms with Crippen LogP contribution in [0, 0.1) is 5.41 Å². The number of carboxylic acids is 1. The number of carbonyl (C=O) groups is 2. The third kappa shape index (κ3) is 3.90. The van der Waals surface area contributed by atoms with Crippen LogP contribution in [-0.2, 0) is 4.79 Å². The first kappa shape index (κ1) is 8.68. The number of aliphatic carboxylic acids is 1. The number of pyridine rings is 1. The summed E-state index contributed by atoms with van der Waals surface area (Å²) >= 11 is 0. The Labute approximate surface area is 102 Å². The molecule has 0 aliphatic rings. The number of carbonyl (C=O) groups excluding carboxylic acids is 1. The lowest BCUT2D eigenvalue weighted by Gasteiger charge is -2.17. The molecule has 1 aromatic heterocycles. The second-order valence-electron chi connectivity index (χ2n) is 3.02. The molecule has 0 unspecified atom stereocenters. The summed E-state index contributed by atoms with van der Waals surface area (Å²) in [6.07, 6.45) is 2.68. The van der Waals surface area contributed by atoms with E-state index in [1.165, 1.54) is 24.5 Å². The molecule has 0 radical (unpaired) electrons. The van der Waals surface area contributed by atoms with Crippen LogP contribution < -0.4 is 5.32 Å². The number of guanidine groups is 1. The second kappa shape index (κ2) is 5.59. The van der Waals surface area contributed by atoms with Gasteiger partial charge in [0.1, 0.15) is 6.54 Å². The van der Waals surface area contributed by atoms with Crippen LogP contribution in [0.3, 0.4) is 0 Å². The first-order chi connectivity index (χ1) is 9.21. The smallest absolute Gasteiger partial charge is 0.323 e. The van der Waals surface area contributed by atoms with E-state index >= 15 is 0 Å². The van der Waals surface area contributed by atoms with Crippen molar-refractivity contribution < 1.29 is 18.8 Å². The van der Waals surface area contributed by atoms with E-state index in [0.29, 0.717) is 4.90 Å². The van der Waals surface area contributed by atoms with Gasteiger partial charge < -0.3 is 10.0 Å². The number of likely N-dealkylation sites (N-methyl/N-ethyl adjacent to an activating group) is 1. The fourth-order valence-electron chi connectivity index (χ4n) is 0.959. The highest BCUT2D eigenvalue weighted by Gasteiger charge is 2.12. The largest absolute Gasteiger partial charge is 0.480 e. The van der Waals surface area contributed by atoms with Crippen LogP contribution in [0.4, 0.5) is 0 Å². The van der Waals surface area contributed by atoms with Gasteiger partial charge in [0, 0.05) is 23.5 Å². The van der Waals surface area contributed by atoms with E-state index in [-0.39, 0.29) is 5.56 Å². The van der Waals surface area contributed by atoms with Gasteiger partial charge in [-0.3, -0.25) is 25.3 Å². The number of aromatic nitrogens is 1. The summed E-state index contributed by atoms with van der Waals surface area (Å²) in [5.74, 6) is -2.99. The summed E-state index contributed by atoms with van der Waals surface area (Å²) in [7, 11) is 0. The third-order valence-electron chi connectivity index (χ3n) is 1.72. The van der Waals surface area contributed by atoms with Crippen LogP contribution in [0.5, 0.6) is 0 Å². The minimum atomic E-state index is -2.85. The molecule has 0 aliphatic carbocycles. The predicted octanol–water partition coefficient (Wildman–Crippen LogP) is -0.237. The van der Waals surface area contributed by atoms with E-state index in [1.54, 1.807) is 0 Å². The van der Waals surface area contributed by atoms with Crippen molar-refractivity contribution in [3.8, 4) is 0 Å². The first-order valence-electron chi connectivity index (χ1n) is 6.01. The Kier molecular flexibility index (Phi) is 2.86. The monoisotopic (exact) mass is 239 g/mol. The second-order valence-corrected chi connectivity index (χ2v) is 3.02. The summed E-state index contributed by atoms with van der Waals surface area (Å²) in [6, 6.07) is 2.92. The Morgan fingerprint density at radius 2 is 2.47 bits per heavy atom. The Morgan fingerprint density at radius 1 is 1.71 bits per heavy atom. The van der Waals surface area contributed by atoms with Gasteiger partial charge in [0.25, 0.3) is 5.91 Å². The van der Waals surface area contributed by atoms with Crippen molar-refractivity contribution in [2.24, 2.45) is 0 Å². The molecule has 0 aliphatic heterocycles. The zero-order valence-corrected chi connectivity index (χ0v) is 8.67. The summed E-state index contributed by atoms with van der Waals surface area (Å²) < 4.78 is 21.5. The average molecular weight is 239 g/mol. The molecular weight excluding hydrogens is 224 g/mol. The summed E-state index contributed by atoms with van der Waals surface area (Å²) in [5.41, 5.74) is 0.123. The number of carboxylic acid groups (broad SMARTS) is 1. The minimum absolute atomic E-state index is 0.123. The third-order valence-corrected chi connectivity index (χ3v) is 1.72. The summed E-state index contributed by atoms with van der Waals surface area (Å²) in [5, 5.41) is 18.2. The molecule has 1 rings (SSSR count). The zero-order valence-electron chi connectivity index (χ0n) is 11.7. The van der Waals surface area contributed by atoms with Gasteiger partial charge in [-0.25, -0.2) is 0 Å². The van der Waals surface area contributed by atoms with Gasteiger partial charge >= 0.3 is 5.97 Å². The number of amides is 1. The normalized spacial score (nSPS) is 12.8. The molecular formula is C10H12N4O3. The lowest BCUT2D eigenvalue weighted by atomic mass is 10.3. The highest BCUT2D eigenvalue weighted by Crippen LogP contribution is 1.95. The average Bonchev–Trinajstić information content (AvgIpc) is 2.35. The van der Waals surface area contributed by atoms with Crippen molar-refractivity contribution >= 4 is 17.8 Å². The van der Waals surface area contributed by atoms with Crippen LogP contribution in [0.1, 0.15) is 14.5 Å². The maximum absolute atomic E-state index is 11.7. The lowest BCUT2D eigenvalue weighted by Crippen LogP contribution is -2.43. The quantitative estimate of drug-likeness (QED) is 0.498. The lowest BCUT2D eigenvalue weighted by molar-refractivity contribution is -0.137. The van der Waals surface area contributed by atoms with Crippen molar-refractivity contribution in [1.82, 2.24) is 15.2 Å². The number of rotatable bonds is 3. The maximum Gasteiger partial charge on any atom is 0.323 e. The number of nitrogens with zero attached hydrogens (tertiary/aromatic N) is 2. The molecule has 7 nitrogen and oxygen atoms in total. The standard InChI is InChI=1S/C10H12N4O3/c1-14(6-8(15)16)10(11)13-9(17)7-3-2-4-12-5-7/h2-5H,6H2,1H3,(H,15,16)(H2,11,13,17)/i1D3. The minimum Gasteiger partial charge on any atom is -0.480 e. The SMILES string of the molecule is [2H]C([2H])([2H])N(CC(=O)O)C(=N)NC(=O)c1cccnc1. The highest BCUT2D eigenvalue weighted by molar-refractivity contribution is 6.04. The van der Waals surface area contributed by atoms with E-state index in [1.807, 2.05) is 5.32 Å². The van der Waals surface area contributed by atoms with Crippen molar-refractivity contribution in [3.05, 3.63) is 30.1 Å². The topological polar surface area (TPSA) is 106 Å². The van der Waals surface area contributed by atoms with Gasteiger partial charge in [-0.2, -0.15) is 0 Å². The van der Waals surface area contributed by atoms with Crippen LogP contribution in [0.15, 0.2) is 24.5 Å². The molecule has 17 heavy (non-hydrogen) atoms. The molecule has 1 heterocycles. The van der Waals surface area contributed by atoms with Crippen LogP contribution >= 0.6 is 0 Å². The van der Waals surface area contributed by atoms with Gasteiger partial charge in [-0.15, -0.1) is 0 Å². The van der Waals surface area contributed by atoms with Crippen LogP contribution in [0.2, 0.25) is 0 Å². The first-order valence-corrected chi connectivity index (χ1v) is 4.51. The van der Waals surface area contributed by atoms with Gasteiger partial charge in [-0.05, 0) is 12.1 Å². The van der Waals surface area contributed by atoms with E-state index in [0.717, 1.165) is 0 Å². The fraction of sp³-hybridized carbons (Fsp3) is 0.200. The van der Waals surface area contributed by atoms with Crippen molar-refractivity contribution in [3.63, 3.8) is 0 Å². The molecule has 90 valence electrons. The van der Waals surface area contributed by atoms with E-state index in [9.17, 15) is 9.59 Å². The molecule has 0 aromatic carbocycles. The molecule has 1 aromatic rings. The highest BCUT2D eigenvalue weighted by atomic mass is 16.4.